The SMILES string of the molecule is CC(C#Cc1ccccc1C=O)(c1ccccc1)c1ccccc1. The molecule has 0 amide bonds. The van der Waals surface area contributed by atoms with Crippen LogP contribution in [0.5, 0.6) is 0 Å². The molecule has 0 aromatic heterocycles. The first-order valence-electron chi connectivity index (χ1n) is 7.92. The van der Waals surface area contributed by atoms with Crippen molar-refractivity contribution in [1.29, 1.82) is 0 Å². The Morgan fingerprint density at radius 3 is 1.79 bits per heavy atom. The normalized spacial score (nSPS) is 10.5. The van der Waals surface area contributed by atoms with Gasteiger partial charge in [0, 0.05) is 11.1 Å². The molecular weight excluding hydrogens is 292 g/mol. The zero-order chi connectivity index (χ0) is 16.8. The highest BCUT2D eigenvalue weighted by Crippen LogP contribution is 2.31. The van der Waals surface area contributed by atoms with E-state index in [1.807, 2.05) is 54.6 Å². The molecule has 0 saturated carbocycles. The third kappa shape index (κ3) is 3.14. The molecule has 0 N–H and O–H groups in total. The number of carbonyl (C=O) groups is 1. The first kappa shape index (κ1) is 15.8. The second kappa shape index (κ2) is 6.98. The van der Waals surface area contributed by atoms with Gasteiger partial charge in [0.1, 0.15) is 0 Å². The van der Waals surface area contributed by atoms with Crippen molar-refractivity contribution in [2.24, 2.45) is 0 Å². The fourth-order valence-electron chi connectivity index (χ4n) is 2.76. The van der Waals surface area contributed by atoms with Crippen LogP contribution < -0.4 is 0 Å². The molecule has 0 radical (unpaired) electrons. The molecule has 24 heavy (non-hydrogen) atoms. The van der Waals surface area contributed by atoms with E-state index in [1.54, 1.807) is 6.07 Å². The summed E-state index contributed by atoms with van der Waals surface area (Å²) in [5.41, 5.74) is 3.19. The van der Waals surface area contributed by atoms with Gasteiger partial charge in [0.25, 0.3) is 0 Å². The predicted molar refractivity (Wildman–Crippen MR) is 98.0 cm³/mol. The number of carbonyl (C=O) groups excluding carboxylic acids is 1. The molecule has 116 valence electrons. The van der Waals surface area contributed by atoms with Gasteiger partial charge in [-0.25, -0.2) is 0 Å². The third-order valence-corrected chi connectivity index (χ3v) is 4.24. The molecular formula is C23H18O. The van der Waals surface area contributed by atoms with Crippen molar-refractivity contribution in [2.45, 2.75) is 12.3 Å². The molecule has 3 aromatic rings. The Kier molecular flexibility index (Phi) is 4.59. The Morgan fingerprint density at radius 1 is 0.750 bits per heavy atom. The Bertz CT molecular complexity index is 844. The van der Waals surface area contributed by atoms with Crippen LogP contribution in [0.1, 0.15) is 34.0 Å². The van der Waals surface area contributed by atoms with Crippen LogP contribution in [-0.2, 0) is 5.41 Å². The first-order valence-corrected chi connectivity index (χ1v) is 7.92. The van der Waals surface area contributed by atoms with E-state index in [0.717, 1.165) is 23.0 Å². The van der Waals surface area contributed by atoms with E-state index < -0.39 is 5.41 Å². The van der Waals surface area contributed by atoms with E-state index in [4.69, 9.17) is 0 Å². The minimum atomic E-state index is -0.446. The zero-order valence-corrected chi connectivity index (χ0v) is 13.6. The van der Waals surface area contributed by atoms with E-state index in [9.17, 15) is 4.79 Å². The number of benzene rings is 3. The molecule has 0 aliphatic heterocycles. The lowest BCUT2D eigenvalue weighted by Gasteiger charge is -2.25. The van der Waals surface area contributed by atoms with Crippen molar-refractivity contribution >= 4 is 6.29 Å². The summed E-state index contributed by atoms with van der Waals surface area (Å²) in [4.78, 5) is 11.2. The van der Waals surface area contributed by atoms with Crippen LogP contribution in [-0.4, -0.2) is 6.29 Å². The predicted octanol–water partition coefficient (Wildman–Crippen LogP) is 4.86. The molecule has 3 aromatic carbocycles. The molecule has 1 heteroatoms. The second-order valence-corrected chi connectivity index (χ2v) is 5.81. The van der Waals surface area contributed by atoms with Gasteiger partial charge in [-0.15, -0.1) is 0 Å². The Labute approximate surface area is 143 Å². The van der Waals surface area contributed by atoms with Crippen molar-refractivity contribution in [3.05, 3.63) is 107 Å². The summed E-state index contributed by atoms with van der Waals surface area (Å²) in [6.07, 6.45) is 0.854. The van der Waals surface area contributed by atoms with Gasteiger partial charge in [-0.3, -0.25) is 4.79 Å². The summed E-state index contributed by atoms with van der Waals surface area (Å²) in [6.45, 7) is 2.12. The lowest BCUT2D eigenvalue weighted by atomic mass is 9.76. The lowest BCUT2D eigenvalue weighted by Crippen LogP contribution is -2.21. The molecule has 0 unspecified atom stereocenters. The largest absolute Gasteiger partial charge is 0.298 e. The maximum absolute atomic E-state index is 11.2. The molecule has 0 fully saturated rings. The van der Waals surface area contributed by atoms with Gasteiger partial charge in [-0.2, -0.15) is 0 Å². The maximum Gasteiger partial charge on any atom is 0.151 e. The van der Waals surface area contributed by atoms with Crippen LogP contribution in [0.15, 0.2) is 84.9 Å². The van der Waals surface area contributed by atoms with Crippen molar-refractivity contribution < 1.29 is 4.79 Å². The summed E-state index contributed by atoms with van der Waals surface area (Å²) in [7, 11) is 0. The molecule has 0 atom stereocenters. The molecule has 0 bridgehead atoms. The maximum atomic E-state index is 11.2. The number of aldehydes is 1. The summed E-state index contributed by atoms with van der Waals surface area (Å²) in [5.74, 6) is 6.63. The van der Waals surface area contributed by atoms with Crippen molar-refractivity contribution in [3.63, 3.8) is 0 Å². The van der Waals surface area contributed by atoms with E-state index in [2.05, 4.69) is 43.0 Å². The van der Waals surface area contributed by atoms with Crippen LogP contribution >= 0.6 is 0 Å². The smallest absolute Gasteiger partial charge is 0.151 e. The fourth-order valence-corrected chi connectivity index (χ4v) is 2.76. The van der Waals surface area contributed by atoms with Crippen LogP contribution in [0, 0.1) is 11.8 Å². The topological polar surface area (TPSA) is 17.1 Å². The summed E-state index contributed by atoms with van der Waals surface area (Å²) in [6, 6.07) is 27.9. The van der Waals surface area contributed by atoms with E-state index in [0.29, 0.717) is 5.56 Å². The van der Waals surface area contributed by atoms with Crippen LogP contribution in [0.25, 0.3) is 0 Å². The summed E-state index contributed by atoms with van der Waals surface area (Å²) in [5, 5.41) is 0. The molecule has 0 heterocycles. The van der Waals surface area contributed by atoms with E-state index >= 15 is 0 Å². The van der Waals surface area contributed by atoms with Crippen molar-refractivity contribution in [3.8, 4) is 11.8 Å². The average molecular weight is 310 g/mol. The summed E-state index contributed by atoms with van der Waals surface area (Å²) < 4.78 is 0. The highest BCUT2D eigenvalue weighted by atomic mass is 16.1. The molecule has 0 aliphatic rings. The average Bonchev–Trinajstić information content (AvgIpc) is 2.67. The van der Waals surface area contributed by atoms with E-state index in [1.165, 1.54) is 0 Å². The van der Waals surface area contributed by atoms with Crippen LogP contribution in [0.4, 0.5) is 0 Å². The lowest BCUT2D eigenvalue weighted by molar-refractivity contribution is 0.112. The first-order chi connectivity index (χ1) is 11.7. The Hall–Kier alpha value is -3.11. The van der Waals surface area contributed by atoms with Gasteiger partial charge in [0.2, 0.25) is 0 Å². The van der Waals surface area contributed by atoms with E-state index in [-0.39, 0.29) is 0 Å². The van der Waals surface area contributed by atoms with Crippen molar-refractivity contribution in [2.75, 3.05) is 0 Å². The van der Waals surface area contributed by atoms with Crippen LogP contribution in [0.3, 0.4) is 0 Å². The van der Waals surface area contributed by atoms with Crippen molar-refractivity contribution in [1.82, 2.24) is 0 Å². The quantitative estimate of drug-likeness (QED) is 0.499. The monoisotopic (exact) mass is 310 g/mol. The third-order valence-electron chi connectivity index (χ3n) is 4.24. The molecule has 3 rings (SSSR count). The zero-order valence-electron chi connectivity index (χ0n) is 13.6. The van der Waals surface area contributed by atoms with Gasteiger partial charge in [-0.05, 0) is 24.1 Å². The number of rotatable bonds is 3. The Balaban J connectivity index is 2.14. The molecule has 0 saturated heterocycles. The molecule has 1 nitrogen and oxygen atoms in total. The van der Waals surface area contributed by atoms with Gasteiger partial charge in [-0.1, -0.05) is 90.7 Å². The van der Waals surface area contributed by atoms with Gasteiger partial charge >= 0.3 is 0 Å². The molecule has 0 aliphatic carbocycles. The van der Waals surface area contributed by atoms with Gasteiger partial charge < -0.3 is 0 Å². The second-order valence-electron chi connectivity index (χ2n) is 5.81. The fraction of sp³-hybridized carbons (Fsp3) is 0.0870. The van der Waals surface area contributed by atoms with Crippen LogP contribution in [0.2, 0.25) is 0 Å². The van der Waals surface area contributed by atoms with Gasteiger partial charge in [0.05, 0.1) is 5.41 Å². The number of hydrogen-bond acceptors (Lipinski definition) is 1. The standard InChI is InChI=1S/C23H18O/c1-23(21-12-4-2-5-13-21,22-14-6-3-7-15-22)17-16-19-10-8-9-11-20(19)18-24/h2-15,18H,1H3. The molecule has 0 spiro atoms. The minimum absolute atomic E-state index is 0.446. The summed E-state index contributed by atoms with van der Waals surface area (Å²) >= 11 is 0. The Morgan fingerprint density at radius 2 is 1.25 bits per heavy atom. The highest BCUT2D eigenvalue weighted by molar-refractivity contribution is 5.79. The number of hydrogen-bond donors (Lipinski definition) is 0. The van der Waals surface area contributed by atoms with Gasteiger partial charge in [0.15, 0.2) is 6.29 Å². The minimum Gasteiger partial charge on any atom is -0.298 e. The highest BCUT2D eigenvalue weighted by Gasteiger charge is 2.26.